The van der Waals surface area contributed by atoms with Gasteiger partial charge in [0.1, 0.15) is 6.10 Å². The molecule has 106 valence electrons. The third kappa shape index (κ3) is 3.04. The van der Waals surface area contributed by atoms with Crippen LogP contribution in [0.2, 0.25) is 0 Å². The van der Waals surface area contributed by atoms with E-state index in [0.717, 1.165) is 18.2 Å². The van der Waals surface area contributed by atoms with E-state index in [1.807, 2.05) is 0 Å². The van der Waals surface area contributed by atoms with Gasteiger partial charge in [-0.15, -0.1) is 0 Å². The van der Waals surface area contributed by atoms with E-state index in [-0.39, 0.29) is 17.6 Å². The van der Waals surface area contributed by atoms with Crippen molar-refractivity contribution in [2.45, 2.75) is 19.4 Å². The fraction of sp³-hybridized carbons (Fsp3) is 0.250. The SMILES string of the molecule is C=C(C(=O)CC)[C@H](O)c1ccc([N+](=O)[O-])cc1[N+](=O)[O-]. The van der Waals surface area contributed by atoms with Gasteiger partial charge in [-0.05, 0) is 6.07 Å². The van der Waals surface area contributed by atoms with Crippen LogP contribution in [0.4, 0.5) is 11.4 Å². The van der Waals surface area contributed by atoms with Crippen LogP contribution < -0.4 is 0 Å². The molecule has 1 aromatic carbocycles. The fourth-order valence-corrected chi connectivity index (χ4v) is 1.60. The molecular formula is C12H12N2O6. The lowest BCUT2D eigenvalue weighted by Crippen LogP contribution is -2.11. The van der Waals surface area contributed by atoms with Crippen LogP contribution >= 0.6 is 0 Å². The monoisotopic (exact) mass is 280 g/mol. The van der Waals surface area contributed by atoms with Crippen LogP contribution in [0.1, 0.15) is 25.0 Å². The summed E-state index contributed by atoms with van der Waals surface area (Å²) in [5.41, 5.74) is -1.49. The molecule has 0 saturated heterocycles. The summed E-state index contributed by atoms with van der Waals surface area (Å²) in [7, 11) is 0. The minimum absolute atomic E-state index is 0.0939. The van der Waals surface area contributed by atoms with Gasteiger partial charge in [-0.25, -0.2) is 0 Å². The molecule has 0 radical (unpaired) electrons. The average molecular weight is 280 g/mol. The molecule has 1 rings (SSSR count). The van der Waals surface area contributed by atoms with E-state index in [0.29, 0.717) is 0 Å². The molecule has 0 unspecified atom stereocenters. The van der Waals surface area contributed by atoms with Crippen molar-refractivity contribution in [3.63, 3.8) is 0 Å². The molecule has 0 heterocycles. The van der Waals surface area contributed by atoms with Crippen molar-refractivity contribution in [2.24, 2.45) is 0 Å². The summed E-state index contributed by atoms with van der Waals surface area (Å²) in [5, 5.41) is 31.5. The standard InChI is InChI=1S/C12H12N2O6/c1-3-11(15)7(2)12(16)9-5-4-8(13(17)18)6-10(9)14(19)20/h4-6,12,16H,2-3H2,1H3/t12-/m0/s1. The highest BCUT2D eigenvalue weighted by atomic mass is 16.6. The minimum Gasteiger partial charge on any atom is -0.383 e. The molecule has 0 aromatic heterocycles. The van der Waals surface area contributed by atoms with E-state index in [2.05, 4.69) is 6.58 Å². The topological polar surface area (TPSA) is 124 Å². The van der Waals surface area contributed by atoms with Crippen molar-refractivity contribution in [1.82, 2.24) is 0 Å². The number of carbonyl (C=O) groups is 1. The maximum Gasteiger partial charge on any atom is 0.282 e. The number of Topliss-reactive ketones (excluding diaryl/α,β-unsaturated/α-hetero) is 1. The van der Waals surface area contributed by atoms with Gasteiger partial charge in [0.2, 0.25) is 0 Å². The number of ketones is 1. The summed E-state index contributed by atoms with van der Waals surface area (Å²) in [4.78, 5) is 31.3. The molecule has 0 amide bonds. The van der Waals surface area contributed by atoms with Gasteiger partial charge in [0.05, 0.1) is 21.5 Å². The molecule has 0 fully saturated rings. The Balaban J connectivity index is 3.30. The Kier molecular flexibility index (Phi) is 4.65. The molecule has 1 aromatic rings. The number of aliphatic hydroxyl groups excluding tert-OH is 1. The summed E-state index contributed by atoms with van der Waals surface area (Å²) < 4.78 is 0. The molecule has 0 saturated carbocycles. The van der Waals surface area contributed by atoms with E-state index in [1.165, 1.54) is 0 Å². The molecule has 0 aliphatic heterocycles. The Bertz CT molecular complexity index is 596. The zero-order valence-corrected chi connectivity index (χ0v) is 10.6. The van der Waals surface area contributed by atoms with Crippen molar-refractivity contribution in [1.29, 1.82) is 0 Å². The predicted molar refractivity (Wildman–Crippen MR) is 69.1 cm³/mol. The summed E-state index contributed by atoms with van der Waals surface area (Å²) >= 11 is 0. The van der Waals surface area contributed by atoms with E-state index in [9.17, 15) is 30.1 Å². The first-order valence-electron chi connectivity index (χ1n) is 5.62. The van der Waals surface area contributed by atoms with Crippen molar-refractivity contribution in [2.75, 3.05) is 0 Å². The lowest BCUT2D eigenvalue weighted by Gasteiger charge is -2.12. The van der Waals surface area contributed by atoms with Crippen LogP contribution in [0.3, 0.4) is 0 Å². The molecule has 8 nitrogen and oxygen atoms in total. The zero-order chi connectivity index (χ0) is 15.4. The first kappa shape index (κ1) is 15.4. The number of aliphatic hydroxyl groups is 1. The lowest BCUT2D eigenvalue weighted by atomic mass is 9.97. The second kappa shape index (κ2) is 6.02. The number of nitrogens with zero attached hydrogens (tertiary/aromatic N) is 2. The van der Waals surface area contributed by atoms with Crippen LogP contribution in [0.5, 0.6) is 0 Å². The van der Waals surface area contributed by atoms with Crippen LogP contribution in [0.15, 0.2) is 30.4 Å². The van der Waals surface area contributed by atoms with Crippen LogP contribution in [0, 0.1) is 20.2 Å². The smallest absolute Gasteiger partial charge is 0.282 e. The normalized spacial score (nSPS) is 11.7. The van der Waals surface area contributed by atoms with Gasteiger partial charge >= 0.3 is 0 Å². The summed E-state index contributed by atoms with van der Waals surface area (Å²) in [6.45, 7) is 4.96. The van der Waals surface area contributed by atoms with Gasteiger partial charge in [-0.3, -0.25) is 25.0 Å². The third-order valence-corrected chi connectivity index (χ3v) is 2.73. The number of nitro groups is 2. The number of rotatable bonds is 6. The number of hydrogen-bond acceptors (Lipinski definition) is 6. The van der Waals surface area contributed by atoms with Gasteiger partial charge in [0, 0.05) is 18.1 Å². The van der Waals surface area contributed by atoms with Crippen LogP contribution in [0.25, 0.3) is 0 Å². The van der Waals surface area contributed by atoms with E-state index in [1.54, 1.807) is 6.92 Å². The lowest BCUT2D eigenvalue weighted by molar-refractivity contribution is -0.394. The predicted octanol–water partition coefficient (Wildman–Crippen LogP) is 2.07. The molecule has 0 spiro atoms. The number of benzene rings is 1. The molecule has 8 heteroatoms. The third-order valence-electron chi connectivity index (χ3n) is 2.73. The van der Waals surface area contributed by atoms with Gasteiger partial charge in [0.25, 0.3) is 11.4 Å². The van der Waals surface area contributed by atoms with Gasteiger partial charge < -0.3 is 5.11 Å². The molecule has 1 N–H and O–H groups in total. The number of hydrogen-bond donors (Lipinski definition) is 1. The van der Waals surface area contributed by atoms with E-state index >= 15 is 0 Å². The second-order valence-electron chi connectivity index (χ2n) is 3.96. The largest absolute Gasteiger partial charge is 0.383 e. The summed E-state index contributed by atoms with van der Waals surface area (Å²) in [6, 6.07) is 2.81. The fourth-order valence-electron chi connectivity index (χ4n) is 1.60. The quantitative estimate of drug-likeness (QED) is 0.483. The molecule has 1 atom stereocenters. The van der Waals surface area contributed by atoms with E-state index in [4.69, 9.17) is 0 Å². The maximum atomic E-state index is 11.4. The van der Waals surface area contributed by atoms with Gasteiger partial charge in [-0.2, -0.15) is 0 Å². The van der Waals surface area contributed by atoms with Crippen molar-refractivity contribution >= 4 is 17.2 Å². The van der Waals surface area contributed by atoms with Gasteiger partial charge in [0.15, 0.2) is 5.78 Å². The Morgan fingerprint density at radius 3 is 2.40 bits per heavy atom. The molecule has 0 aliphatic rings. The molecule has 20 heavy (non-hydrogen) atoms. The van der Waals surface area contributed by atoms with E-state index < -0.39 is 33.1 Å². The van der Waals surface area contributed by atoms with Crippen molar-refractivity contribution < 1.29 is 19.7 Å². The molecule has 0 bridgehead atoms. The second-order valence-corrected chi connectivity index (χ2v) is 3.96. The zero-order valence-electron chi connectivity index (χ0n) is 10.6. The number of nitro benzene ring substituents is 2. The van der Waals surface area contributed by atoms with Crippen LogP contribution in [-0.2, 0) is 4.79 Å². The summed E-state index contributed by atoms with van der Waals surface area (Å²) in [5.74, 6) is -0.440. The van der Waals surface area contributed by atoms with Crippen molar-refractivity contribution in [3.8, 4) is 0 Å². The highest BCUT2D eigenvalue weighted by Crippen LogP contribution is 2.32. The molecular weight excluding hydrogens is 268 g/mol. The van der Waals surface area contributed by atoms with Crippen molar-refractivity contribution in [3.05, 3.63) is 56.1 Å². The Hall–Kier alpha value is -2.61. The highest BCUT2D eigenvalue weighted by Gasteiger charge is 2.27. The number of carbonyl (C=O) groups excluding carboxylic acids is 1. The Morgan fingerprint density at radius 1 is 1.35 bits per heavy atom. The van der Waals surface area contributed by atoms with Gasteiger partial charge in [-0.1, -0.05) is 13.5 Å². The Labute approximate surface area is 113 Å². The summed E-state index contributed by atoms with van der Waals surface area (Å²) in [6.07, 6.45) is -1.47. The Morgan fingerprint density at radius 2 is 1.95 bits per heavy atom. The van der Waals surface area contributed by atoms with Crippen LogP contribution in [-0.4, -0.2) is 20.7 Å². The average Bonchev–Trinajstić information content (AvgIpc) is 2.43. The number of non-ortho nitro benzene ring substituents is 1. The highest BCUT2D eigenvalue weighted by molar-refractivity contribution is 5.95. The minimum atomic E-state index is -1.57. The molecule has 0 aliphatic carbocycles. The maximum absolute atomic E-state index is 11.4. The first-order valence-corrected chi connectivity index (χ1v) is 5.62. The first-order chi connectivity index (χ1) is 9.29.